The number of rotatable bonds is 4. The van der Waals surface area contributed by atoms with Crippen LogP contribution in [0, 0.1) is 6.92 Å². The maximum Gasteiger partial charge on any atom is 0.414 e. The highest BCUT2D eigenvalue weighted by Crippen LogP contribution is 2.24. The van der Waals surface area contributed by atoms with Crippen LogP contribution in [0.5, 0.6) is 0 Å². The lowest BCUT2D eigenvalue weighted by Gasteiger charge is -2.18. The van der Waals surface area contributed by atoms with Gasteiger partial charge in [-0.1, -0.05) is 12.1 Å². The molecule has 0 unspecified atom stereocenters. The van der Waals surface area contributed by atoms with Gasteiger partial charge < -0.3 is 10.1 Å². The van der Waals surface area contributed by atoms with Crippen molar-refractivity contribution in [3.8, 4) is 0 Å². The van der Waals surface area contributed by atoms with E-state index in [1.807, 2.05) is 43.6 Å². The predicted octanol–water partition coefficient (Wildman–Crippen LogP) is 3.52. The van der Waals surface area contributed by atoms with Gasteiger partial charge in [0, 0.05) is 24.1 Å². The molecule has 1 saturated heterocycles. The minimum Gasteiger partial charge on any atom is -0.447 e. The number of aryl methyl sites for hydroxylation is 1. The van der Waals surface area contributed by atoms with Crippen molar-refractivity contribution in [3.63, 3.8) is 0 Å². The van der Waals surface area contributed by atoms with E-state index in [1.54, 1.807) is 4.90 Å². The molecule has 1 aliphatic heterocycles. The van der Waals surface area contributed by atoms with Crippen LogP contribution in [0.4, 0.5) is 16.2 Å². The minimum atomic E-state index is -0.273. The number of ether oxygens (including phenoxy) is 1. The number of carbonyl (C=O) groups excluding carboxylic acids is 1. The predicted molar refractivity (Wildman–Crippen MR) is 86.1 cm³/mol. The molecule has 3 rings (SSSR count). The fraction of sp³-hybridized carbons (Fsp3) is 0.294. The van der Waals surface area contributed by atoms with Gasteiger partial charge in [-0.25, -0.2) is 4.79 Å². The second kappa shape index (κ2) is 6.05. The van der Waals surface area contributed by atoms with Crippen molar-refractivity contribution in [2.75, 3.05) is 23.4 Å². The van der Waals surface area contributed by atoms with Crippen LogP contribution in [0.1, 0.15) is 24.1 Å². The molecule has 0 bridgehead atoms. The first-order valence-electron chi connectivity index (χ1n) is 7.36. The van der Waals surface area contributed by atoms with Crippen molar-refractivity contribution >= 4 is 17.5 Å². The fourth-order valence-electron chi connectivity index (χ4n) is 2.54. The Morgan fingerprint density at radius 1 is 1.27 bits per heavy atom. The van der Waals surface area contributed by atoms with E-state index in [4.69, 9.17) is 4.74 Å². The van der Waals surface area contributed by atoms with Gasteiger partial charge in [0.15, 0.2) is 0 Å². The number of hydrogen-bond donors (Lipinski definition) is 1. The van der Waals surface area contributed by atoms with Crippen LogP contribution in [0.15, 0.2) is 42.7 Å². The molecule has 1 aliphatic rings. The van der Waals surface area contributed by atoms with E-state index in [-0.39, 0.29) is 12.1 Å². The number of amides is 1. The number of aromatic nitrogens is 1. The Labute approximate surface area is 129 Å². The largest absolute Gasteiger partial charge is 0.447 e. The molecule has 114 valence electrons. The van der Waals surface area contributed by atoms with Crippen LogP contribution in [0.25, 0.3) is 0 Å². The smallest absolute Gasteiger partial charge is 0.414 e. The van der Waals surface area contributed by atoms with Crippen molar-refractivity contribution in [2.45, 2.75) is 19.9 Å². The van der Waals surface area contributed by atoms with E-state index in [9.17, 15) is 4.79 Å². The van der Waals surface area contributed by atoms with Crippen molar-refractivity contribution < 1.29 is 9.53 Å². The molecule has 22 heavy (non-hydrogen) atoms. The van der Waals surface area contributed by atoms with Crippen LogP contribution in [-0.2, 0) is 4.74 Å². The molecular formula is C17H19N3O2. The standard InChI is InChI=1S/C17H19N3O2/c1-12-9-15(11-18-10-12)19-13(2)14-3-5-16(6-4-14)20-7-8-22-17(20)21/h3-6,9-11,13,19H,7-8H2,1-2H3/t13-/m0/s1. The molecule has 1 N–H and O–H groups in total. The quantitative estimate of drug-likeness (QED) is 0.938. The molecule has 0 spiro atoms. The van der Waals surface area contributed by atoms with Gasteiger partial charge >= 0.3 is 6.09 Å². The number of benzene rings is 1. The highest BCUT2D eigenvalue weighted by atomic mass is 16.6. The van der Waals surface area contributed by atoms with Gasteiger partial charge in [-0.2, -0.15) is 0 Å². The first-order valence-corrected chi connectivity index (χ1v) is 7.36. The van der Waals surface area contributed by atoms with E-state index in [1.165, 1.54) is 0 Å². The molecule has 5 nitrogen and oxygen atoms in total. The lowest BCUT2D eigenvalue weighted by atomic mass is 10.1. The summed E-state index contributed by atoms with van der Waals surface area (Å²) < 4.78 is 4.96. The average molecular weight is 297 g/mol. The maximum absolute atomic E-state index is 11.6. The summed E-state index contributed by atoms with van der Waals surface area (Å²) in [6.07, 6.45) is 3.38. The number of hydrogen-bond acceptors (Lipinski definition) is 4. The van der Waals surface area contributed by atoms with E-state index < -0.39 is 0 Å². The van der Waals surface area contributed by atoms with Crippen LogP contribution in [-0.4, -0.2) is 24.2 Å². The van der Waals surface area contributed by atoms with E-state index in [0.717, 1.165) is 22.5 Å². The average Bonchev–Trinajstić information content (AvgIpc) is 2.93. The summed E-state index contributed by atoms with van der Waals surface area (Å²) in [5.74, 6) is 0. The normalized spacial score (nSPS) is 15.5. The summed E-state index contributed by atoms with van der Waals surface area (Å²) in [4.78, 5) is 17.4. The molecule has 1 aromatic heterocycles. The summed E-state index contributed by atoms with van der Waals surface area (Å²) in [6.45, 7) is 5.19. The SMILES string of the molecule is Cc1cncc(N[C@@H](C)c2ccc(N3CCOC3=O)cc2)c1. The van der Waals surface area contributed by atoms with Gasteiger partial charge in [0.25, 0.3) is 0 Å². The number of nitrogens with zero attached hydrogens (tertiary/aromatic N) is 2. The fourth-order valence-corrected chi connectivity index (χ4v) is 2.54. The van der Waals surface area contributed by atoms with Crippen molar-refractivity contribution in [3.05, 3.63) is 53.9 Å². The van der Waals surface area contributed by atoms with Crippen LogP contribution in [0.3, 0.4) is 0 Å². The third-order valence-corrected chi connectivity index (χ3v) is 3.72. The summed E-state index contributed by atoms with van der Waals surface area (Å²) in [7, 11) is 0. The Kier molecular flexibility index (Phi) is 3.96. The molecule has 1 aromatic carbocycles. The van der Waals surface area contributed by atoms with Gasteiger partial charge in [-0.3, -0.25) is 9.88 Å². The van der Waals surface area contributed by atoms with Gasteiger partial charge in [0.2, 0.25) is 0 Å². The van der Waals surface area contributed by atoms with Crippen molar-refractivity contribution in [1.29, 1.82) is 0 Å². The van der Waals surface area contributed by atoms with E-state index in [0.29, 0.717) is 13.2 Å². The van der Waals surface area contributed by atoms with E-state index >= 15 is 0 Å². The third kappa shape index (κ3) is 3.03. The molecule has 1 fully saturated rings. The number of pyridine rings is 1. The monoisotopic (exact) mass is 297 g/mol. The van der Waals surface area contributed by atoms with Gasteiger partial charge in [-0.05, 0) is 43.2 Å². The van der Waals surface area contributed by atoms with Gasteiger partial charge in [-0.15, -0.1) is 0 Å². The Bertz CT molecular complexity index is 670. The van der Waals surface area contributed by atoms with Crippen molar-refractivity contribution in [1.82, 2.24) is 4.98 Å². The molecule has 0 saturated carbocycles. The Morgan fingerprint density at radius 3 is 2.68 bits per heavy atom. The first kappa shape index (κ1) is 14.4. The molecule has 1 atom stereocenters. The Balaban J connectivity index is 1.70. The molecule has 2 aromatic rings. The zero-order chi connectivity index (χ0) is 15.5. The molecule has 0 radical (unpaired) electrons. The van der Waals surface area contributed by atoms with Gasteiger partial charge in [0.1, 0.15) is 6.61 Å². The van der Waals surface area contributed by atoms with Crippen LogP contribution >= 0.6 is 0 Å². The second-order valence-corrected chi connectivity index (χ2v) is 5.47. The van der Waals surface area contributed by atoms with Gasteiger partial charge in [0.05, 0.1) is 12.2 Å². The minimum absolute atomic E-state index is 0.156. The highest BCUT2D eigenvalue weighted by molar-refractivity contribution is 5.89. The molecule has 1 amide bonds. The lowest BCUT2D eigenvalue weighted by Crippen LogP contribution is -2.23. The summed E-state index contributed by atoms with van der Waals surface area (Å²) >= 11 is 0. The Hall–Kier alpha value is -2.56. The summed E-state index contributed by atoms with van der Waals surface area (Å²) in [5.41, 5.74) is 4.15. The molecular weight excluding hydrogens is 278 g/mol. The molecule has 5 heteroatoms. The molecule has 0 aliphatic carbocycles. The zero-order valence-corrected chi connectivity index (χ0v) is 12.7. The first-order chi connectivity index (χ1) is 10.6. The third-order valence-electron chi connectivity index (χ3n) is 3.72. The number of cyclic esters (lactones) is 1. The Morgan fingerprint density at radius 2 is 2.05 bits per heavy atom. The topological polar surface area (TPSA) is 54.5 Å². The van der Waals surface area contributed by atoms with E-state index in [2.05, 4.69) is 23.3 Å². The lowest BCUT2D eigenvalue weighted by molar-refractivity contribution is 0.181. The number of carbonyl (C=O) groups is 1. The summed E-state index contributed by atoms with van der Waals surface area (Å²) in [6, 6.07) is 10.2. The van der Waals surface area contributed by atoms with Crippen LogP contribution in [0.2, 0.25) is 0 Å². The summed E-state index contributed by atoms with van der Waals surface area (Å²) in [5, 5.41) is 3.43. The number of anilines is 2. The highest BCUT2D eigenvalue weighted by Gasteiger charge is 2.23. The molecule has 2 heterocycles. The zero-order valence-electron chi connectivity index (χ0n) is 12.7. The maximum atomic E-state index is 11.6. The second-order valence-electron chi connectivity index (χ2n) is 5.47. The van der Waals surface area contributed by atoms with Crippen LogP contribution < -0.4 is 10.2 Å². The number of nitrogens with one attached hydrogen (secondary N) is 1. The van der Waals surface area contributed by atoms with Crippen molar-refractivity contribution in [2.24, 2.45) is 0 Å².